The summed E-state index contributed by atoms with van der Waals surface area (Å²) in [6, 6.07) is 22.0. The molecule has 33 heavy (non-hydrogen) atoms. The van der Waals surface area contributed by atoms with E-state index in [1.807, 2.05) is 55.5 Å². The number of carbonyl (C=O) groups is 1. The third-order valence-electron chi connectivity index (χ3n) is 4.65. The highest BCUT2D eigenvalue weighted by atomic mass is 35.5. The Morgan fingerprint density at radius 3 is 2.36 bits per heavy atom. The van der Waals surface area contributed by atoms with Crippen LogP contribution >= 0.6 is 11.6 Å². The van der Waals surface area contributed by atoms with Crippen molar-refractivity contribution in [2.45, 2.75) is 6.92 Å². The van der Waals surface area contributed by atoms with Crippen LogP contribution in [-0.2, 0) is 9.53 Å². The van der Waals surface area contributed by atoms with Crippen LogP contribution in [0.5, 0.6) is 17.2 Å². The summed E-state index contributed by atoms with van der Waals surface area (Å²) in [6.45, 7) is 2.98. The number of esters is 1. The molecule has 4 rings (SSSR count). The summed E-state index contributed by atoms with van der Waals surface area (Å²) in [5.74, 6) is 1.53. The van der Waals surface area contributed by atoms with Crippen LogP contribution in [0, 0.1) is 0 Å². The summed E-state index contributed by atoms with van der Waals surface area (Å²) in [7, 11) is 0. The van der Waals surface area contributed by atoms with E-state index in [0.29, 0.717) is 42.1 Å². The average Bonchev–Trinajstić information content (AvgIpc) is 3.20. The Hall–Kier alpha value is -3.77. The van der Waals surface area contributed by atoms with Gasteiger partial charge < -0.3 is 18.9 Å². The monoisotopic (exact) mass is 463 g/mol. The molecule has 0 spiro atoms. The number of hydrogen-bond donors (Lipinski definition) is 0. The molecule has 3 aromatic carbocycles. The predicted octanol–water partition coefficient (Wildman–Crippen LogP) is 5.54. The maximum absolute atomic E-state index is 12.3. The number of benzene rings is 3. The Bertz CT molecular complexity index is 1190. The fraction of sp³-hybridized carbons (Fsp3) is 0.154. The molecule has 7 heteroatoms. The molecule has 0 N–H and O–H groups in total. The summed E-state index contributed by atoms with van der Waals surface area (Å²) in [4.78, 5) is 16.6. The minimum atomic E-state index is -0.496. The number of para-hydroxylation sites is 1. The molecule has 0 saturated heterocycles. The van der Waals surface area contributed by atoms with Gasteiger partial charge in [-0.2, -0.15) is 0 Å². The van der Waals surface area contributed by atoms with Crippen molar-refractivity contribution >= 4 is 29.5 Å². The second kappa shape index (κ2) is 10.7. The van der Waals surface area contributed by atoms with E-state index in [1.165, 1.54) is 0 Å². The molecule has 3 aromatic rings. The second-order valence-corrected chi connectivity index (χ2v) is 7.38. The molecule has 1 aliphatic rings. The van der Waals surface area contributed by atoms with Gasteiger partial charge in [-0.3, -0.25) is 0 Å². The SMILES string of the molecule is CCOc1cc(/C=C2\N=C(c3ccccc3)OC2=O)ccc1OCCOc1ccccc1Cl. The Morgan fingerprint density at radius 2 is 1.61 bits per heavy atom. The van der Waals surface area contributed by atoms with Crippen LogP contribution in [0.4, 0.5) is 0 Å². The summed E-state index contributed by atoms with van der Waals surface area (Å²) >= 11 is 6.09. The maximum atomic E-state index is 12.3. The van der Waals surface area contributed by atoms with Gasteiger partial charge in [-0.25, -0.2) is 9.79 Å². The van der Waals surface area contributed by atoms with Crippen LogP contribution in [0.1, 0.15) is 18.1 Å². The lowest BCUT2D eigenvalue weighted by molar-refractivity contribution is -0.129. The van der Waals surface area contributed by atoms with Gasteiger partial charge in [-0.15, -0.1) is 0 Å². The van der Waals surface area contributed by atoms with Crippen molar-refractivity contribution in [3.63, 3.8) is 0 Å². The van der Waals surface area contributed by atoms with Crippen LogP contribution in [0.3, 0.4) is 0 Å². The first-order chi connectivity index (χ1) is 16.1. The molecule has 0 aromatic heterocycles. The third kappa shape index (κ3) is 5.73. The highest BCUT2D eigenvalue weighted by molar-refractivity contribution is 6.32. The Morgan fingerprint density at radius 1 is 0.879 bits per heavy atom. The molecular weight excluding hydrogens is 442 g/mol. The van der Waals surface area contributed by atoms with Gasteiger partial charge in [-0.05, 0) is 55.0 Å². The van der Waals surface area contributed by atoms with E-state index in [2.05, 4.69) is 4.99 Å². The van der Waals surface area contributed by atoms with E-state index in [4.69, 9.17) is 30.5 Å². The summed E-state index contributed by atoms with van der Waals surface area (Å²) in [5, 5.41) is 0.549. The zero-order valence-corrected chi connectivity index (χ0v) is 18.7. The van der Waals surface area contributed by atoms with E-state index < -0.39 is 5.97 Å². The van der Waals surface area contributed by atoms with Gasteiger partial charge in [0.2, 0.25) is 5.90 Å². The van der Waals surface area contributed by atoms with Crippen molar-refractivity contribution < 1.29 is 23.7 Å². The molecule has 0 aliphatic carbocycles. The molecule has 1 aliphatic heterocycles. The smallest absolute Gasteiger partial charge is 0.363 e. The van der Waals surface area contributed by atoms with Crippen molar-refractivity contribution in [1.82, 2.24) is 0 Å². The van der Waals surface area contributed by atoms with Gasteiger partial charge in [0.05, 0.1) is 11.6 Å². The van der Waals surface area contributed by atoms with E-state index in [-0.39, 0.29) is 11.6 Å². The van der Waals surface area contributed by atoms with Gasteiger partial charge >= 0.3 is 5.97 Å². The standard InChI is InChI=1S/C26H22ClNO5/c1-2-30-24-17-18(16-21-26(29)33-25(28-21)19-8-4-3-5-9-19)12-13-23(24)32-15-14-31-22-11-7-6-10-20(22)27/h3-13,16-17H,2,14-15H2,1H3/b21-16-. The number of hydrogen-bond acceptors (Lipinski definition) is 6. The lowest BCUT2D eigenvalue weighted by atomic mass is 10.1. The van der Waals surface area contributed by atoms with Gasteiger partial charge in [0.15, 0.2) is 17.2 Å². The summed E-state index contributed by atoms with van der Waals surface area (Å²) in [5.41, 5.74) is 1.70. The number of carbonyl (C=O) groups excluding carboxylic acids is 1. The predicted molar refractivity (Wildman–Crippen MR) is 127 cm³/mol. The summed E-state index contributed by atoms with van der Waals surface area (Å²) < 4.78 is 22.5. The van der Waals surface area contributed by atoms with Crippen LogP contribution in [0.25, 0.3) is 6.08 Å². The molecule has 0 bridgehead atoms. The largest absolute Gasteiger partial charge is 0.490 e. The molecule has 0 amide bonds. The highest BCUT2D eigenvalue weighted by Gasteiger charge is 2.24. The van der Waals surface area contributed by atoms with Crippen molar-refractivity contribution in [1.29, 1.82) is 0 Å². The van der Waals surface area contributed by atoms with E-state index in [9.17, 15) is 4.79 Å². The summed E-state index contributed by atoms with van der Waals surface area (Å²) in [6.07, 6.45) is 1.66. The maximum Gasteiger partial charge on any atom is 0.363 e. The second-order valence-electron chi connectivity index (χ2n) is 6.97. The third-order valence-corrected chi connectivity index (χ3v) is 4.96. The number of rotatable bonds is 9. The van der Waals surface area contributed by atoms with Gasteiger partial charge in [0.25, 0.3) is 0 Å². The Labute approximate surface area is 197 Å². The first-order valence-corrected chi connectivity index (χ1v) is 10.9. The lowest BCUT2D eigenvalue weighted by Gasteiger charge is -2.13. The zero-order chi connectivity index (χ0) is 23.0. The van der Waals surface area contributed by atoms with E-state index in [1.54, 1.807) is 30.3 Å². The number of halogens is 1. The van der Waals surface area contributed by atoms with Crippen LogP contribution in [-0.4, -0.2) is 31.7 Å². The van der Waals surface area contributed by atoms with E-state index in [0.717, 1.165) is 11.1 Å². The Kier molecular flexibility index (Phi) is 7.27. The van der Waals surface area contributed by atoms with Crippen molar-refractivity contribution in [2.24, 2.45) is 4.99 Å². The van der Waals surface area contributed by atoms with Gasteiger partial charge in [0.1, 0.15) is 19.0 Å². The van der Waals surface area contributed by atoms with Gasteiger partial charge in [0, 0.05) is 5.56 Å². The fourth-order valence-corrected chi connectivity index (χ4v) is 3.33. The minimum Gasteiger partial charge on any atom is -0.490 e. The molecule has 0 radical (unpaired) electrons. The van der Waals surface area contributed by atoms with Crippen LogP contribution < -0.4 is 14.2 Å². The fourth-order valence-electron chi connectivity index (χ4n) is 3.14. The van der Waals surface area contributed by atoms with Crippen LogP contribution in [0.15, 0.2) is 83.5 Å². The molecule has 6 nitrogen and oxygen atoms in total. The molecule has 0 unspecified atom stereocenters. The first-order valence-electron chi connectivity index (χ1n) is 10.5. The highest BCUT2D eigenvalue weighted by Crippen LogP contribution is 2.30. The van der Waals surface area contributed by atoms with Crippen molar-refractivity contribution in [3.05, 3.63) is 94.6 Å². The Balaban J connectivity index is 1.45. The average molecular weight is 464 g/mol. The van der Waals surface area contributed by atoms with E-state index >= 15 is 0 Å². The molecular formula is C26H22ClNO5. The lowest BCUT2D eigenvalue weighted by Crippen LogP contribution is -2.10. The number of cyclic esters (lactones) is 1. The van der Waals surface area contributed by atoms with Crippen molar-refractivity contribution in [3.8, 4) is 17.2 Å². The normalized spacial score (nSPS) is 14.1. The minimum absolute atomic E-state index is 0.220. The number of aliphatic imine (C=N–C) groups is 1. The molecule has 1 heterocycles. The molecule has 168 valence electrons. The molecule has 0 fully saturated rings. The zero-order valence-electron chi connectivity index (χ0n) is 18.0. The quantitative estimate of drug-likeness (QED) is 0.237. The molecule has 0 saturated carbocycles. The number of nitrogens with zero attached hydrogens (tertiary/aromatic N) is 1. The molecule has 0 atom stereocenters. The van der Waals surface area contributed by atoms with Crippen molar-refractivity contribution in [2.75, 3.05) is 19.8 Å². The number of ether oxygens (including phenoxy) is 4. The van der Waals surface area contributed by atoms with Gasteiger partial charge in [-0.1, -0.05) is 48.0 Å². The van der Waals surface area contributed by atoms with Crippen LogP contribution in [0.2, 0.25) is 5.02 Å². The first kappa shape index (κ1) is 22.4. The topological polar surface area (TPSA) is 66.4 Å².